The fourth-order valence-electron chi connectivity index (χ4n) is 3.96. The summed E-state index contributed by atoms with van der Waals surface area (Å²) in [6, 6.07) is 8.61. The van der Waals surface area contributed by atoms with Crippen LogP contribution < -0.4 is 10.6 Å². The number of anilines is 2. The normalized spacial score (nSPS) is 21.8. The minimum Gasteiger partial charge on any atom is -0.326 e. The first kappa shape index (κ1) is 18.9. The summed E-state index contributed by atoms with van der Waals surface area (Å²) in [5, 5.41) is 5.64. The molecule has 0 bridgehead atoms. The third kappa shape index (κ3) is 5.05. The Hall–Kier alpha value is -1.92. The number of piperidine rings is 1. The van der Waals surface area contributed by atoms with Crippen molar-refractivity contribution >= 4 is 23.2 Å². The van der Waals surface area contributed by atoms with E-state index in [0.717, 1.165) is 19.6 Å². The minimum atomic E-state index is -0.121. The molecule has 0 aromatic heterocycles. The molecular formula is C20H30N4O2. The Balaban J connectivity index is 1.38. The van der Waals surface area contributed by atoms with Gasteiger partial charge in [-0.1, -0.05) is 12.5 Å². The lowest BCUT2D eigenvalue weighted by atomic mass is 9.97. The van der Waals surface area contributed by atoms with Crippen LogP contribution in [0.15, 0.2) is 24.3 Å². The minimum absolute atomic E-state index is 0.0137. The zero-order valence-corrected chi connectivity index (χ0v) is 15.8. The highest BCUT2D eigenvalue weighted by Gasteiger charge is 2.34. The number of amides is 2. The van der Waals surface area contributed by atoms with Crippen LogP contribution in [0.3, 0.4) is 0 Å². The predicted octanol–water partition coefficient (Wildman–Crippen LogP) is 2.53. The van der Waals surface area contributed by atoms with Gasteiger partial charge in [-0.3, -0.25) is 19.4 Å². The molecule has 2 N–H and O–H groups in total. The van der Waals surface area contributed by atoms with Crippen LogP contribution in [0.2, 0.25) is 0 Å². The van der Waals surface area contributed by atoms with E-state index in [2.05, 4.69) is 27.4 Å². The maximum Gasteiger partial charge on any atom is 0.225 e. The monoisotopic (exact) mass is 358 g/mol. The first-order valence-electron chi connectivity index (χ1n) is 9.67. The molecule has 26 heavy (non-hydrogen) atoms. The van der Waals surface area contributed by atoms with E-state index in [4.69, 9.17) is 0 Å². The molecule has 142 valence electrons. The number of hydrogen-bond donors (Lipinski definition) is 2. The van der Waals surface area contributed by atoms with Gasteiger partial charge in [0.05, 0.1) is 0 Å². The number of hydrogen-bond acceptors (Lipinski definition) is 4. The topological polar surface area (TPSA) is 64.7 Å². The Morgan fingerprint density at radius 1 is 1.15 bits per heavy atom. The Morgan fingerprint density at radius 3 is 2.58 bits per heavy atom. The SMILES string of the molecule is CC(=O)Nc1cccc(NC(=O)CCN2CC(N3CCCC[C@H]3C)C2)c1. The van der Waals surface area contributed by atoms with Crippen LogP contribution in [-0.4, -0.2) is 59.9 Å². The smallest absolute Gasteiger partial charge is 0.225 e. The molecule has 1 aromatic carbocycles. The highest BCUT2D eigenvalue weighted by atomic mass is 16.2. The number of carbonyl (C=O) groups is 2. The maximum atomic E-state index is 12.2. The van der Waals surface area contributed by atoms with Crippen molar-refractivity contribution in [3.8, 4) is 0 Å². The highest BCUT2D eigenvalue weighted by molar-refractivity contribution is 5.93. The van der Waals surface area contributed by atoms with Gasteiger partial charge < -0.3 is 10.6 Å². The summed E-state index contributed by atoms with van der Waals surface area (Å²) in [6.07, 6.45) is 4.49. The van der Waals surface area contributed by atoms with Gasteiger partial charge in [-0.15, -0.1) is 0 Å². The Morgan fingerprint density at radius 2 is 1.88 bits per heavy atom. The van der Waals surface area contributed by atoms with Gasteiger partial charge >= 0.3 is 0 Å². The number of likely N-dealkylation sites (tertiary alicyclic amines) is 2. The molecule has 2 aliphatic heterocycles. The van der Waals surface area contributed by atoms with Gasteiger partial charge in [0.25, 0.3) is 0 Å². The molecule has 1 atom stereocenters. The van der Waals surface area contributed by atoms with Crippen LogP contribution in [-0.2, 0) is 9.59 Å². The maximum absolute atomic E-state index is 12.2. The van der Waals surface area contributed by atoms with Crippen LogP contribution in [0, 0.1) is 0 Å². The van der Waals surface area contributed by atoms with Crippen molar-refractivity contribution < 1.29 is 9.59 Å². The van der Waals surface area contributed by atoms with Crippen molar-refractivity contribution in [1.82, 2.24) is 9.80 Å². The summed E-state index contributed by atoms with van der Waals surface area (Å²) < 4.78 is 0. The van der Waals surface area contributed by atoms with Crippen molar-refractivity contribution in [2.24, 2.45) is 0 Å². The van der Waals surface area contributed by atoms with E-state index in [1.165, 1.54) is 32.7 Å². The van der Waals surface area contributed by atoms with Gasteiger partial charge in [-0.05, 0) is 44.5 Å². The van der Waals surface area contributed by atoms with Crippen LogP contribution >= 0.6 is 0 Å². The standard InChI is InChI=1S/C20H30N4O2/c1-15-6-3-4-10-24(15)19-13-23(14-19)11-9-20(26)22-18-8-5-7-17(12-18)21-16(2)25/h5,7-8,12,15,19H,3-4,6,9-11,13-14H2,1-2H3,(H,21,25)(H,22,26)/t15-/m1/s1. The zero-order valence-electron chi connectivity index (χ0n) is 15.8. The predicted molar refractivity (Wildman–Crippen MR) is 104 cm³/mol. The average molecular weight is 358 g/mol. The van der Waals surface area contributed by atoms with Gasteiger partial charge in [-0.25, -0.2) is 0 Å². The third-order valence-electron chi connectivity index (χ3n) is 5.38. The zero-order chi connectivity index (χ0) is 18.5. The fraction of sp³-hybridized carbons (Fsp3) is 0.600. The molecule has 2 saturated heterocycles. The molecule has 1 aromatic rings. The van der Waals surface area contributed by atoms with Gasteiger partial charge in [-0.2, -0.15) is 0 Å². The lowest BCUT2D eigenvalue weighted by Gasteiger charge is -2.49. The van der Waals surface area contributed by atoms with Crippen molar-refractivity contribution in [1.29, 1.82) is 0 Å². The second-order valence-corrected chi connectivity index (χ2v) is 7.56. The fourth-order valence-corrected chi connectivity index (χ4v) is 3.96. The Labute approximate surface area is 155 Å². The van der Waals surface area contributed by atoms with Gasteiger partial charge in [0.15, 0.2) is 0 Å². The van der Waals surface area contributed by atoms with Crippen LogP contribution in [0.1, 0.15) is 39.5 Å². The summed E-state index contributed by atoms with van der Waals surface area (Å²) in [6.45, 7) is 7.99. The average Bonchev–Trinajstić information content (AvgIpc) is 2.54. The number of nitrogens with one attached hydrogen (secondary N) is 2. The molecule has 0 unspecified atom stereocenters. The second-order valence-electron chi connectivity index (χ2n) is 7.56. The Kier molecular flexibility index (Phi) is 6.27. The van der Waals surface area contributed by atoms with Crippen LogP contribution in [0.25, 0.3) is 0 Å². The summed E-state index contributed by atoms with van der Waals surface area (Å²) in [5.74, 6) is -0.108. The van der Waals surface area contributed by atoms with Crippen molar-refractivity contribution in [3.05, 3.63) is 24.3 Å². The first-order valence-corrected chi connectivity index (χ1v) is 9.67. The molecule has 0 radical (unpaired) electrons. The van der Waals surface area contributed by atoms with E-state index in [1.54, 1.807) is 12.1 Å². The molecule has 2 fully saturated rings. The van der Waals surface area contributed by atoms with E-state index in [9.17, 15) is 9.59 Å². The van der Waals surface area contributed by atoms with Crippen LogP contribution in [0.4, 0.5) is 11.4 Å². The van der Waals surface area contributed by atoms with E-state index in [0.29, 0.717) is 29.9 Å². The lowest BCUT2D eigenvalue weighted by molar-refractivity contribution is -0.117. The highest BCUT2D eigenvalue weighted by Crippen LogP contribution is 2.24. The van der Waals surface area contributed by atoms with Gasteiger partial charge in [0.1, 0.15) is 0 Å². The third-order valence-corrected chi connectivity index (χ3v) is 5.38. The van der Waals surface area contributed by atoms with Crippen molar-refractivity contribution in [2.45, 2.75) is 51.6 Å². The molecule has 3 rings (SSSR count). The molecular weight excluding hydrogens is 328 g/mol. The van der Waals surface area contributed by atoms with Crippen molar-refractivity contribution in [3.63, 3.8) is 0 Å². The van der Waals surface area contributed by atoms with Gasteiger partial charge in [0.2, 0.25) is 11.8 Å². The molecule has 6 nitrogen and oxygen atoms in total. The second kappa shape index (κ2) is 8.64. The number of carbonyl (C=O) groups excluding carboxylic acids is 2. The summed E-state index contributed by atoms with van der Waals surface area (Å²) in [4.78, 5) is 28.3. The van der Waals surface area contributed by atoms with Crippen LogP contribution in [0.5, 0.6) is 0 Å². The number of benzene rings is 1. The molecule has 6 heteroatoms. The van der Waals surface area contributed by atoms with E-state index < -0.39 is 0 Å². The summed E-state index contributed by atoms with van der Waals surface area (Å²) in [7, 11) is 0. The lowest BCUT2D eigenvalue weighted by Crippen LogP contribution is -2.62. The molecule has 2 amide bonds. The molecule has 2 aliphatic rings. The molecule has 0 spiro atoms. The molecule has 0 aliphatic carbocycles. The summed E-state index contributed by atoms with van der Waals surface area (Å²) >= 11 is 0. The number of nitrogens with zero attached hydrogens (tertiary/aromatic N) is 2. The van der Waals surface area contributed by atoms with Gasteiger partial charge in [0, 0.05) is 56.4 Å². The largest absolute Gasteiger partial charge is 0.326 e. The quantitative estimate of drug-likeness (QED) is 0.820. The van der Waals surface area contributed by atoms with Crippen molar-refractivity contribution in [2.75, 3.05) is 36.8 Å². The summed E-state index contributed by atoms with van der Waals surface area (Å²) in [5.41, 5.74) is 1.40. The molecule has 0 saturated carbocycles. The van der Waals surface area contributed by atoms with E-state index >= 15 is 0 Å². The molecule has 2 heterocycles. The number of rotatable bonds is 6. The Bertz CT molecular complexity index is 642. The van der Waals surface area contributed by atoms with E-state index in [-0.39, 0.29) is 11.8 Å². The van der Waals surface area contributed by atoms with E-state index in [1.807, 2.05) is 12.1 Å². The first-order chi connectivity index (χ1) is 12.5.